The number of benzene rings is 2. The molecule has 0 aliphatic heterocycles. The molecule has 0 atom stereocenters. The van der Waals surface area contributed by atoms with Crippen molar-refractivity contribution < 1.29 is 9.79 Å². The Hall–Kier alpha value is -1.21. The number of hydrogen-bond acceptors (Lipinski definition) is 2. The van der Waals surface area contributed by atoms with E-state index < -0.39 is 7.06 Å². The van der Waals surface area contributed by atoms with E-state index in [1.54, 1.807) is 30.9 Å². The van der Waals surface area contributed by atoms with Crippen LogP contribution in [0.2, 0.25) is 0 Å². The van der Waals surface area contributed by atoms with Crippen LogP contribution in [-0.4, -0.2) is 16.5 Å². The molecule has 2 rings (SSSR count). The first-order valence-corrected chi connectivity index (χ1v) is 8.53. The summed E-state index contributed by atoms with van der Waals surface area (Å²) in [5.41, 5.74) is 2.21. The van der Waals surface area contributed by atoms with Gasteiger partial charge in [0.15, 0.2) is 0 Å². The van der Waals surface area contributed by atoms with E-state index in [0.717, 1.165) is 11.1 Å². The van der Waals surface area contributed by atoms with E-state index in [2.05, 4.69) is 0 Å². The quantitative estimate of drug-likeness (QED) is 0.815. The molecular weight excluding hydrogens is 243 g/mol. The summed E-state index contributed by atoms with van der Waals surface area (Å²) < 4.78 is 0. The predicted octanol–water partition coefficient (Wildman–Crippen LogP) is 2.25. The summed E-state index contributed by atoms with van der Waals surface area (Å²) in [6, 6.07) is 14.8. The first-order chi connectivity index (χ1) is 8.28. The van der Waals surface area contributed by atoms with Crippen molar-refractivity contribution >= 4 is 17.7 Å². The van der Waals surface area contributed by atoms with Crippen molar-refractivity contribution in [2.45, 2.75) is 13.8 Å². The van der Waals surface area contributed by atoms with Crippen molar-refractivity contribution in [3.63, 3.8) is 0 Å². The fraction of sp³-hybridized carbons (Fsp3) is 0.200. The van der Waals surface area contributed by atoms with Crippen LogP contribution in [0.25, 0.3) is 0 Å². The zero-order valence-corrected chi connectivity index (χ0v) is 11.9. The molecule has 0 bridgehead atoms. The molecule has 2 aromatic carbocycles. The summed E-state index contributed by atoms with van der Waals surface area (Å²) in [6.45, 7) is 5.50. The van der Waals surface area contributed by atoms with E-state index in [0.29, 0.717) is 10.6 Å². The average Bonchev–Trinajstić information content (AvgIpc) is 2.29. The summed E-state index contributed by atoms with van der Waals surface area (Å²) in [5.74, 6) is 0. The predicted molar refractivity (Wildman–Crippen MR) is 78.9 cm³/mol. The second-order valence-electron chi connectivity index (χ2n) is 5.12. The monoisotopic (exact) mass is 262 g/mol. The summed E-state index contributed by atoms with van der Waals surface area (Å²) in [6.07, 6.45) is 0. The molecule has 2 aromatic rings. The van der Waals surface area contributed by atoms with Crippen LogP contribution in [-0.2, 0) is 0 Å². The summed E-state index contributed by atoms with van der Waals surface area (Å²) >= 11 is 0. The van der Waals surface area contributed by atoms with Crippen molar-refractivity contribution in [3.8, 4) is 0 Å². The van der Waals surface area contributed by atoms with Gasteiger partial charge in [-0.3, -0.25) is 0 Å². The van der Waals surface area contributed by atoms with Crippen LogP contribution in [0.4, 0.5) is 0 Å². The summed E-state index contributed by atoms with van der Waals surface area (Å²) in [5, 5.41) is 1.19. The van der Waals surface area contributed by atoms with E-state index in [1.165, 1.54) is 0 Å². The van der Waals surface area contributed by atoms with Crippen LogP contribution in [0.15, 0.2) is 48.5 Å². The SMILES string of the molecule is Cc1ccc(P(C)(O)(O)c2ccc(C)cc2)cc1. The minimum absolute atomic E-state index is 0.593. The van der Waals surface area contributed by atoms with Gasteiger partial charge in [0.2, 0.25) is 0 Å². The van der Waals surface area contributed by atoms with Gasteiger partial charge in [0.05, 0.1) is 0 Å². The molecule has 0 fully saturated rings. The Kier molecular flexibility index (Phi) is 3.06. The average molecular weight is 262 g/mol. The molecular formula is C15H19O2P. The zero-order chi connectivity index (χ0) is 13.4. The van der Waals surface area contributed by atoms with Crippen molar-refractivity contribution in [2.24, 2.45) is 0 Å². The second kappa shape index (κ2) is 4.17. The molecule has 0 saturated heterocycles. The number of rotatable bonds is 2. The summed E-state index contributed by atoms with van der Waals surface area (Å²) in [7, 11) is -3.98. The first-order valence-electron chi connectivity index (χ1n) is 5.94. The molecule has 0 aliphatic rings. The van der Waals surface area contributed by atoms with E-state index in [-0.39, 0.29) is 0 Å². The molecule has 0 heterocycles. The van der Waals surface area contributed by atoms with Crippen LogP contribution < -0.4 is 10.6 Å². The van der Waals surface area contributed by atoms with Crippen molar-refractivity contribution in [3.05, 3.63) is 59.7 Å². The minimum atomic E-state index is -3.98. The molecule has 0 aliphatic carbocycles. The van der Waals surface area contributed by atoms with Crippen LogP contribution in [0.3, 0.4) is 0 Å². The Labute approximate surface area is 108 Å². The first kappa shape index (κ1) is 13.2. The van der Waals surface area contributed by atoms with Crippen LogP contribution in [0.5, 0.6) is 0 Å². The zero-order valence-electron chi connectivity index (χ0n) is 11.0. The normalized spacial score (nSPS) is 13.9. The molecule has 0 saturated carbocycles. The van der Waals surface area contributed by atoms with Crippen molar-refractivity contribution in [1.82, 2.24) is 0 Å². The van der Waals surface area contributed by atoms with Crippen molar-refractivity contribution in [2.75, 3.05) is 6.66 Å². The second-order valence-corrected chi connectivity index (χ2v) is 9.05. The Bertz CT molecular complexity index is 498. The number of hydrogen-bond donors (Lipinski definition) is 2. The van der Waals surface area contributed by atoms with Gasteiger partial charge in [-0.1, -0.05) is 0 Å². The molecule has 3 heteroatoms. The van der Waals surface area contributed by atoms with Gasteiger partial charge in [-0.25, -0.2) is 0 Å². The van der Waals surface area contributed by atoms with Crippen LogP contribution in [0, 0.1) is 13.8 Å². The molecule has 2 N–H and O–H groups in total. The van der Waals surface area contributed by atoms with E-state index in [4.69, 9.17) is 0 Å². The third-order valence-electron chi connectivity index (χ3n) is 3.30. The molecule has 0 amide bonds. The van der Waals surface area contributed by atoms with Crippen LogP contribution in [0.1, 0.15) is 11.1 Å². The fourth-order valence-corrected chi connectivity index (χ4v) is 3.98. The van der Waals surface area contributed by atoms with Gasteiger partial charge in [0.25, 0.3) is 0 Å². The van der Waals surface area contributed by atoms with E-state index >= 15 is 0 Å². The maximum atomic E-state index is 10.8. The topological polar surface area (TPSA) is 40.5 Å². The molecule has 0 unspecified atom stereocenters. The van der Waals surface area contributed by atoms with Gasteiger partial charge in [-0.05, 0) is 0 Å². The molecule has 96 valence electrons. The molecule has 0 radical (unpaired) electrons. The molecule has 0 spiro atoms. The van der Waals surface area contributed by atoms with E-state index in [9.17, 15) is 9.79 Å². The van der Waals surface area contributed by atoms with Gasteiger partial charge >= 0.3 is 108 Å². The van der Waals surface area contributed by atoms with Crippen molar-refractivity contribution in [1.29, 1.82) is 0 Å². The number of aryl methyl sites for hydroxylation is 2. The third-order valence-corrected chi connectivity index (χ3v) is 6.37. The fourth-order valence-electron chi connectivity index (χ4n) is 1.95. The Morgan fingerprint density at radius 3 is 1.22 bits per heavy atom. The standard InChI is InChI=1S/C15H19O2P/c1-12-4-8-14(9-5-12)18(3,16,17)15-10-6-13(2)7-11-15/h4-11,16-17H,1-3H3. The van der Waals surface area contributed by atoms with Gasteiger partial charge < -0.3 is 0 Å². The molecule has 2 nitrogen and oxygen atoms in total. The van der Waals surface area contributed by atoms with Gasteiger partial charge in [0.1, 0.15) is 0 Å². The Morgan fingerprint density at radius 1 is 0.667 bits per heavy atom. The van der Waals surface area contributed by atoms with Gasteiger partial charge in [-0.15, -0.1) is 0 Å². The Morgan fingerprint density at radius 2 is 0.944 bits per heavy atom. The summed E-state index contributed by atoms with van der Waals surface area (Å²) in [4.78, 5) is 21.6. The van der Waals surface area contributed by atoms with Gasteiger partial charge in [0, 0.05) is 0 Å². The maximum absolute atomic E-state index is 10.8. The van der Waals surface area contributed by atoms with Crippen LogP contribution >= 0.6 is 7.06 Å². The van der Waals surface area contributed by atoms with E-state index in [1.807, 2.05) is 38.1 Å². The molecule has 18 heavy (non-hydrogen) atoms. The van der Waals surface area contributed by atoms with Gasteiger partial charge in [-0.2, -0.15) is 0 Å². The third kappa shape index (κ3) is 2.32. The Balaban J connectivity index is 2.56. The molecule has 0 aromatic heterocycles.